The van der Waals surface area contributed by atoms with E-state index in [1.807, 2.05) is 25.1 Å². The number of benzene rings is 2. The topological polar surface area (TPSA) is 93.2 Å². The molecule has 0 saturated heterocycles. The van der Waals surface area contributed by atoms with Crippen LogP contribution in [0.1, 0.15) is 6.92 Å². The normalized spacial score (nSPS) is 11.3. The Hall–Kier alpha value is -2.87. The molecule has 7 nitrogen and oxygen atoms in total. The Balaban J connectivity index is 1.95. The Morgan fingerprint density at radius 2 is 1.56 bits per heavy atom. The van der Waals surface area contributed by atoms with Crippen molar-refractivity contribution in [1.29, 1.82) is 0 Å². The first kappa shape index (κ1) is 17.0. The number of nitrogens with one attached hydrogen (secondary N) is 2. The zero-order chi connectivity index (χ0) is 17.9. The number of anilines is 2. The summed E-state index contributed by atoms with van der Waals surface area (Å²) in [5.74, 6) is 1.12. The first-order valence-corrected chi connectivity index (χ1v) is 9.22. The highest BCUT2D eigenvalue weighted by Crippen LogP contribution is 2.24. The molecule has 0 aliphatic heterocycles. The Labute approximate surface area is 146 Å². The zero-order valence-corrected chi connectivity index (χ0v) is 14.7. The van der Waals surface area contributed by atoms with Gasteiger partial charge in [0.25, 0.3) is 10.0 Å². The maximum Gasteiger partial charge on any atom is 0.263 e. The monoisotopic (exact) mass is 358 g/mol. The average molecular weight is 358 g/mol. The summed E-state index contributed by atoms with van der Waals surface area (Å²) in [4.78, 5) is 8.87. The summed E-state index contributed by atoms with van der Waals surface area (Å²) in [6.45, 7) is 2.38. The molecule has 3 rings (SSSR count). The quantitative estimate of drug-likeness (QED) is 0.704. The minimum atomic E-state index is -3.79. The van der Waals surface area contributed by atoms with E-state index in [2.05, 4.69) is 20.0 Å². The van der Waals surface area contributed by atoms with Crippen LogP contribution in [0.4, 0.5) is 11.6 Å². The number of rotatable bonds is 6. The van der Waals surface area contributed by atoms with Crippen molar-refractivity contribution in [2.75, 3.05) is 23.7 Å². The van der Waals surface area contributed by atoms with Gasteiger partial charge in [-0.1, -0.05) is 12.1 Å². The van der Waals surface area contributed by atoms with Crippen molar-refractivity contribution in [1.82, 2.24) is 9.97 Å². The molecule has 1 heterocycles. The third kappa shape index (κ3) is 3.63. The third-order valence-electron chi connectivity index (χ3n) is 3.48. The van der Waals surface area contributed by atoms with Crippen molar-refractivity contribution in [3.63, 3.8) is 0 Å². The van der Waals surface area contributed by atoms with E-state index in [0.29, 0.717) is 29.2 Å². The summed E-state index contributed by atoms with van der Waals surface area (Å²) in [7, 11) is -2.13. The van der Waals surface area contributed by atoms with Crippen molar-refractivity contribution in [3.8, 4) is 5.75 Å². The zero-order valence-electron chi connectivity index (χ0n) is 13.9. The molecule has 8 heteroatoms. The van der Waals surface area contributed by atoms with Crippen LogP contribution in [-0.2, 0) is 10.0 Å². The molecule has 2 N–H and O–H groups in total. The maximum atomic E-state index is 12.6. The smallest absolute Gasteiger partial charge is 0.263 e. The Morgan fingerprint density at radius 3 is 2.12 bits per heavy atom. The molecule has 3 aromatic rings. The van der Waals surface area contributed by atoms with Crippen molar-refractivity contribution in [3.05, 3.63) is 48.5 Å². The van der Waals surface area contributed by atoms with Crippen LogP contribution in [0.2, 0.25) is 0 Å². The van der Waals surface area contributed by atoms with Gasteiger partial charge >= 0.3 is 0 Å². The predicted octanol–water partition coefficient (Wildman–Crippen LogP) is 2.87. The van der Waals surface area contributed by atoms with E-state index in [1.54, 1.807) is 25.2 Å². The molecule has 0 radical (unpaired) electrons. The fraction of sp³-hybridized carbons (Fsp3) is 0.176. The molecule has 0 atom stereocenters. The van der Waals surface area contributed by atoms with Crippen LogP contribution < -0.4 is 14.8 Å². The highest BCUT2D eigenvalue weighted by molar-refractivity contribution is 7.92. The molecule has 0 aliphatic rings. The third-order valence-corrected chi connectivity index (χ3v) is 4.84. The molecule has 0 saturated carbocycles. The van der Waals surface area contributed by atoms with Crippen LogP contribution in [-0.4, -0.2) is 32.0 Å². The fourth-order valence-electron chi connectivity index (χ4n) is 2.31. The van der Waals surface area contributed by atoms with Crippen LogP contribution in [0.15, 0.2) is 53.4 Å². The number of hydrogen-bond donors (Lipinski definition) is 2. The molecule has 130 valence electrons. The Bertz CT molecular complexity index is 988. The number of fused-ring (bicyclic) bond motifs is 1. The lowest BCUT2D eigenvalue weighted by Gasteiger charge is -2.12. The molecule has 1 aromatic heterocycles. The lowest BCUT2D eigenvalue weighted by atomic mass is 10.3. The molecule has 2 aromatic carbocycles. The van der Waals surface area contributed by atoms with Crippen LogP contribution in [0.3, 0.4) is 0 Å². The first-order chi connectivity index (χ1) is 12.0. The SMILES string of the molecule is CCOc1ccc(S(=O)(=O)Nc2nc3ccccc3nc2NC)cc1. The standard InChI is InChI=1S/C17H18N4O3S/c1-3-24-12-8-10-13(11-9-12)25(22,23)21-17-16(18-2)19-14-6-4-5-7-15(14)20-17/h4-11H,3H2,1-2H3,(H,18,19)(H,20,21). The van der Waals surface area contributed by atoms with Gasteiger partial charge < -0.3 is 10.1 Å². The number of sulfonamides is 1. The summed E-state index contributed by atoms with van der Waals surface area (Å²) >= 11 is 0. The summed E-state index contributed by atoms with van der Waals surface area (Å²) in [6.07, 6.45) is 0. The van der Waals surface area contributed by atoms with E-state index >= 15 is 0 Å². The number of hydrogen-bond acceptors (Lipinski definition) is 6. The number of nitrogens with zero attached hydrogens (tertiary/aromatic N) is 2. The predicted molar refractivity (Wildman–Crippen MR) is 97.5 cm³/mol. The van der Waals surface area contributed by atoms with E-state index in [-0.39, 0.29) is 10.7 Å². The van der Waals surface area contributed by atoms with Gasteiger partial charge in [-0.15, -0.1) is 0 Å². The molecule has 0 unspecified atom stereocenters. The molecule has 0 aliphatic carbocycles. The Morgan fingerprint density at radius 1 is 0.960 bits per heavy atom. The van der Waals surface area contributed by atoms with Gasteiger partial charge in [-0.2, -0.15) is 0 Å². The first-order valence-electron chi connectivity index (χ1n) is 7.73. The van der Waals surface area contributed by atoms with Crippen molar-refractivity contribution < 1.29 is 13.2 Å². The number of para-hydroxylation sites is 2. The second-order valence-corrected chi connectivity index (χ2v) is 6.85. The number of aromatic nitrogens is 2. The fourth-order valence-corrected chi connectivity index (χ4v) is 3.32. The molecular weight excluding hydrogens is 340 g/mol. The Kier molecular flexibility index (Phi) is 4.71. The average Bonchev–Trinajstić information content (AvgIpc) is 2.61. The molecular formula is C17H18N4O3S. The van der Waals surface area contributed by atoms with Crippen LogP contribution in [0.25, 0.3) is 11.0 Å². The van der Waals surface area contributed by atoms with Gasteiger partial charge in [0.1, 0.15) is 5.75 Å². The minimum Gasteiger partial charge on any atom is -0.494 e. The maximum absolute atomic E-state index is 12.6. The molecule has 0 amide bonds. The minimum absolute atomic E-state index is 0.118. The summed E-state index contributed by atoms with van der Waals surface area (Å²) in [5, 5.41) is 2.87. The van der Waals surface area contributed by atoms with Crippen molar-refractivity contribution >= 4 is 32.7 Å². The van der Waals surface area contributed by atoms with Crippen molar-refractivity contribution in [2.24, 2.45) is 0 Å². The molecule has 25 heavy (non-hydrogen) atoms. The van der Waals surface area contributed by atoms with Gasteiger partial charge in [-0.05, 0) is 43.3 Å². The summed E-state index contributed by atoms with van der Waals surface area (Å²) < 4.78 is 33.1. The van der Waals surface area contributed by atoms with Gasteiger partial charge in [0.15, 0.2) is 11.6 Å². The molecule has 0 spiro atoms. The summed E-state index contributed by atoms with van der Waals surface area (Å²) in [5.41, 5.74) is 1.28. The summed E-state index contributed by atoms with van der Waals surface area (Å²) in [6, 6.07) is 13.5. The van der Waals surface area contributed by atoms with Crippen LogP contribution >= 0.6 is 0 Å². The van der Waals surface area contributed by atoms with E-state index in [1.165, 1.54) is 12.1 Å². The highest BCUT2D eigenvalue weighted by Gasteiger charge is 2.18. The van der Waals surface area contributed by atoms with E-state index < -0.39 is 10.0 Å². The second-order valence-electron chi connectivity index (χ2n) is 5.17. The van der Waals surface area contributed by atoms with Gasteiger partial charge in [0.05, 0.1) is 22.5 Å². The number of ether oxygens (including phenoxy) is 1. The lowest BCUT2D eigenvalue weighted by Crippen LogP contribution is -2.16. The largest absolute Gasteiger partial charge is 0.494 e. The van der Waals surface area contributed by atoms with Gasteiger partial charge in [0, 0.05) is 7.05 Å². The second kappa shape index (κ2) is 6.94. The van der Waals surface area contributed by atoms with Gasteiger partial charge in [-0.3, -0.25) is 4.72 Å². The molecule has 0 fully saturated rings. The van der Waals surface area contributed by atoms with E-state index in [9.17, 15) is 8.42 Å². The van der Waals surface area contributed by atoms with Crippen LogP contribution in [0.5, 0.6) is 5.75 Å². The van der Waals surface area contributed by atoms with Crippen LogP contribution in [0, 0.1) is 0 Å². The van der Waals surface area contributed by atoms with E-state index in [4.69, 9.17) is 4.74 Å². The molecule has 0 bridgehead atoms. The lowest BCUT2D eigenvalue weighted by molar-refractivity contribution is 0.340. The highest BCUT2D eigenvalue weighted by atomic mass is 32.2. The van der Waals surface area contributed by atoms with Gasteiger partial charge in [-0.25, -0.2) is 18.4 Å². The van der Waals surface area contributed by atoms with Gasteiger partial charge in [0.2, 0.25) is 0 Å². The van der Waals surface area contributed by atoms with Crippen molar-refractivity contribution in [2.45, 2.75) is 11.8 Å². The van der Waals surface area contributed by atoms with E-state index in [0.717, 1.165) is 0 Å².